The largest absolute Gasteiger partial charge is 0.483 e. The molecular formula is C17H21N3O3. The minimum absolute atomic E-state index is 0.177. The van der Waals surface area contributed by atoms with Crippen LogP contribution in [-0.4, -0.2) is 46.0 Å². The number of amides is 1. The Kier molecular flexibility index (Phi) is 5.51. The van der Waals surface area contributed by atoms with E-state index in [0.717, 1.165) is 23.1 Å². The van der Waals surface area contributed by atoms with E-state index in [1.807, 2.05) is 35.4 Å². The number of rotatable bonds is 3. The van der Waals surface area contributed by atoms with E-state index < -0.39 is 0 Å². The molecule has 2 heterocycles. The second kappa shape index (κ2) is 7.58. The van der Waals surface area contributed by atoms with E-state index in [9.17, 15) is 4.79 Å². The maximum absolute atomic E-state index is 12.0. The van der Waals surface area contributed by atoms with E-state index in [-0.39, 0.29) is 24.5 Å². The fraction of sp³-hybridized carbons (Fsp3) is 0.353. The summed E-state index contributed by atoms with van der Waals surface area (Å²) in [6.45, 7) is 4.64. The van der Waals surface area contributed by atoms with Crippen LogP contribution in [0.5, 0.6) is 0 Å². The van der Waals surface area contributed by atoms with Gasteiger partial charge in [0.05, 0.1) is 11.6 Å². The number of hydrogen-bond acceptors (Lipinski definition) is 4. The van der Waals surface area contributed by atoms with Crippen LogP contribution >= 0.6 is 0 Å². The van der Waals surface area contributed by atoms with Crippen molar-refractivity contribution < 1.29 is 14.7 Å². The van der Waals surface area contributed by atoms with Gasteiger partial charge in [0.15, 0.2) is 0 Å². The van der Waals surface area contributed by atoms with Crippen molar-refractivity contribution in [3.8, 4) is 0 Å². The van der Waals surface area contributed by atoms with Crippen molar-refractivity contribution in [2.45, 2.75) is 32.4 Å². The zero-order valence-corrected chi connectivity index (χ0v) is 13.3. The number of hydrogen-bond donors (Lipinski definition) is 2. The molecule has 1 amide bonds. The van der Waals surface area contributed by atoms with Gasteiger partial charge in [-0.1, -0.05) is 18.2 Å². The zero-order valence-electron chi connectivity index (χ0n) is 13.3. The summed E-state index contributed by atoms with van der Waals surface area (Å²) in [5, 5.41) is 11.5. The van der Waals surface area contributed by atoms with Crippen LogP contribution in [0.25, 0.3) is 10.9 Å². The molecule has 23 heavy (non-hydrogen) atoms. The first-order valence-corrected chi connectivity index (χ1v) is 7.54. The molecule has 1 aromatic carbocycles. The van der Waals surface area contributed by atoms with Crippen molar-refractivity contribution in [1.82, 2.24) is 9.88 Å². The molecule has 1 aliphatic rings. The van der Waals surface area contributed by atoms with E-state index >= 15 is 0 Å². The number of aromatic nitrogens is 1. The van der Waals surface area contributed by atoms with Gasteiger partial charge in [-0.2, -0.15) is 0 Å². The Bertz CT molecular complexity index is 682. The summed E-state index contributed by atoms with van der Waals surface area (Å²) >= 11 is 0. The number of anilines is 1. The smallest absolute Gasteiger partial charge is 0.290 e. The number of carbonyl (C=O) groups excluding carboxylic acids is 1. The van der Waals surface area contributed by atoms with E-state index in [1.165, 1.54) is 0 Å². The van der Waals surface area contributed by atoms with Gasteiger partial charge >= 0.3 is 0 Å². The predicted molar refractivity (Wildman–Crippen MR) is 89.3 cm³/mol. The summed E-state index contributed by atoms with van der Waals surface area (Å²) < 4.78 is 0. The van der Waals surface area contributed by atoms with Gasteiger partial charge in [0, 0.05) is 36.3 Å². The van der Waals surface area contributed by atoms with Gasteiger partial charge < -0.3 is 15.3 Å². The average Bonchev–Trinajstić information content (AvgIpc) is 2.89. The monoisotopic (exact) mass is 315 g/mol. The third kappa shape index (κ3) is 3.97. The molecule has 1 fully saturated rings. The molecule has 3 rings (SSSR count). The number of carbonyl (C=O) groups is 2. The Morgan fingerprint density at radius 1 is 1.35 bits per heavy atom. The quantitative estimate of drug-likeness (QED) is 0.850. The van der Waals surface area contributed by atoms with Crippen molar-refractivity contribution in [2.24, 2.45) is 0 Å². The molecule has 6 heteroatoms. The van der Waals surface area contributed by atoms with Gasteiger partial charge in [0.2, 0.25) is 5.91 Å². The summed E-state index contributed by atoms with van der Waals surface area (Å²) in [5.41, 5.74) is 2.03. The molecule has 0 aliphatic carbocycles. The molecule has 0 spiro atoms. The maximum atomic E-state index is 12.0. The van der Waals surface area contributed by atoms with Gasteiger partial charge in [-0.3, -0.25) is 14.6 Å². The molecule has 0 bridgehead atoms. The highest BCUT2D eigenvalue weighted by Crippen LogP contribution is 2.24. The standard InChI is InChI=1S/C16H19N3O.CH2O2/c1-11(2)19-10-12(9-16(19)20)18-15-7-8-17-14-6-4-3-5-13(14)15;2-1-3/h3-8,11-12H,9-10H2,1-2H3,(H,17,18);1H,(H,2,3). The van der Waals surface area contributed by atoms with E-state index in [0.29, 0.717) is 6.42 Å². The van der Waals surface area contributed by atoms with E-state index in [2.05, 4.69) is 30.2 Å². The molecule has 1 aromatic heterocycles. The Morgan fingerprint density at radius 2 is 2.04 bits per heavy atom. The van der Waals surface area contributed by atoms with Gasteiger partial charge in [-0.25, -0.2) is 0 Å². The predicted octanol–water partition coefficient (Wildman–Crippen LogP) is 2.36. The first-order valence-electron chi connectivity index (χ1n) is 7.54. The van der Waals surface area contributed by atoms with Crippen LogP contribution in [0, 0.1) is 0 Å². The fourth-order valence-electron chi connectivity index (χ4n) is 2.77. The molecule has 0 radical (unpaired) electrons. The maximum Gasteiger partial charge on any atom is 0.290 e. The topological polar surface area (TPSA) is 82.5 Å². The highest BCUT2D eigenvalue weighted by atomic mass is 16.3. The van der Waals surface area contributed by atoms with Crippen LogP contribution in [0.3, 0.4) is 0 Å². The Hall–Kier alpha value is -2.63. The number of para-hydroxylation sites is 1. The molecule has 1 unspecified atom stereocenters. The Morgan fingerprint density at radius 3 is 2.70 bits per heavy atom. The summed E-state index contributed by atoms with van der Waals surface area (Å²) in [5.74, 6) is 0.232. The third-order valence-electron chi connectivity index (χ3n) is 3.79. The lowest BCUT2D eigenvalue weighted by Gasteiger charge is -2.21. The number of likely N-dealkylation sites (tertiary alicyclic amines) is 1. The number of pyridine rings is 1. The molecular weight excluding hydrogens is 294 g/mol. The van der Waals surface area contributed by atoms with Crippen molar-refractivity contribution in [2.75, 3.05) is 11.9 Å². The molecule has 122 valence electrons. The Balaban J connectivity index is 0.000000595. The van der Waals surface area contributed by atoms with Crippen molar-refractivity contribution in [1.29, 1.82) is 0 Å². The summed E-state index contributed by atoms with van der Waals surface area (Å²) in [4.78, 5) is 26.6. The molecule has 2 N–H and O–H groups in total. The van der Waals surface area contributed by atoms with Crippen molar-refractivity contribution in [3.05, 3.63) is 36.5 Å². The van der Waals surface area contributed by atoms with E-state index in [4.69, 9.17) is 9.90 Å². The number of fused-ring (bicyclic) bond motifs is 1. The summed E-state index contributed by atoms with van der Waals surface area (Å²) in [6.07, 6.45) is 2.37. The average molecular weight is 315 g/mol. The zero-order chi connectivity index (χ0) is 16.8. The molecule has 6 nitrogen and oxygen atoms in total. The van der Waals surface area contributed by atoms with E-state index in [1.54, 1.807) is 0 Å². The van der Waals surface area contributed by atoms with Gasteiger partial charge in [-0.05, 0) is 26.0 Å². The minimum atomic E-state index is -0.250. The van der Waals surface area contributed by atoms with Crippen LogP contribution in [0.4, 0.5) is 5.69 Å². The highest BCUT2D eigenvalue weighted by Gasteiger charge is 2.31. The van der Waals surface area contributed by atoms with Crippen LogP contribution in [0.2, 0.25) is 0 Å². The molecule has 1 atom stereocenters. The van der Waals surface area contributed by atoms with Crippen LogP contribution in [0.15, 0.2) is 36.5 Å². The lowest BCUT2D eigenvalue weighted by Crippen LogP contribution is -2.33. The lowest BCUT2D eigenvalue weighted by molar-refractivity contribution is -0.129. The molecule has 2 aromatic rings. The van der Waals surface area contributed by atoms with Crippen molar-refractivity contribution in [3.63, 3.8) is 0 Å². The summed E-state index contributed by atoms with van der Waals surface area (Å²) in [7, 11) is 0. The number of carboxylic acid groups (broad SMARTS) is 1. The number of benzene rings is 1. The Labute approximate surface area is 135 Å². The minimum Gasteiger partial charge on any atom is -0.483 e. The second-order valence-electron chi connectivity index (χ2n) is 5.67. The molecule has 0 saturated carbocycles. The van der Waals surface area contributed by atoms with Gasteiger partial charge in [-0.15, -0.1) is 0 Å². The molecule has 1 saturated heterocycles. The van der Waals surface area contributed by atoms with Crippen LogP contribution in [-0.2, 0) is 9.59 Å². The first-order chi connectivity index (χ1) is 11.1. The normalized spacial score (nSPS) is 17.1. The van der Waals surface area contributed by atoms with Gasteiger partial charge in [0.25, 0.3) is 6.47 Å². The van der Waals surface area contributed by atoms with Gasteiger partial charge in [0.1, 0.15) is 0 Å². The number of nitrogens with one attached hydrogen (secondary N) is 1. The first kappa shape index (κ1) is 16.7. The van der Waals surface area contributed by atoms with Crippen LogP contribution in [0.1, 0.15) is 20.3 Å². The highest BCUT2D eigenvalue weighted by molar-refractivity contribution is 5.91. The number of nitrogens with zero attached hydrogens (tertiary/aromatic N) is 2. The fourth-order valence-corrected chi connectivity index (χ4v) is 2.77. The van der Waals surface area contributed by atoms with Crippen molar-refractivity contribution >= 4 is 29.0 Å². The summed E-state index contributed by atoms with van der Waals surface area (Å²) in [6, 6.07) is 10.5. The molecule has 1 aliphatic heterocycles. The SMILES string of the molecule is CC(C)N1CC(Nc2ccnc3ccccc23)CC1=O.O=CO. The van der Waals surface area contributed by atoms with Crippen LogP contribution < -0.4 is 5.32 Å². The third-order valence-corrected chi connectivity index (χ3v) is 3.79. The second-order valence-corrected chi connectivity index (χ2v) is 5.67. The lowest BCUT2D eigenvalue weighted by atomic mass is 10.1.